The summed E-state index contributed by atoms with van der Waals surface area (Å²) < 4.78 is 45.4. The summed E-state index contributed by atoms with van der Waals surface area (Å²) in [6.45, 7) is 0.0372. The van der Waals surface area contributed by atoms with Gasteiger partial charge in [-0.25, -0.2) is 9.97 Å². The Bertz CT molecular complexity index is 1170. The molecule has 2 heterocycles. The monoisotopic (exact) mass is 479 g/mol. The lowest BCUT2D eigenvalue weighted by Gasteiger charge is -2.15. The van der Waals surface area contributed by atoms with E-state index in [-0.39, 0.29) is 6.54 Å². The zero-order valence-corrected chi connectivity index (χ0v) is 18.3. The molecule has 1 N–H and O–H groups in total. The van der Waals surface area contributed by atoms with Crippen LogP contribution in [0, 0.1) is 0 Å². The Morgan fingerprint density at radius 3 is 2.81 bits per heavy atom. The Morgan fingerprint density at radius 1 is 1.28 bits per heavy atom. The Hall–Kier alpha value is -2.78. The SMILES string of the molecule is CSc1nccc(-c2cc(Cl)c3c(c2)C[C@@H](CNC(=O)c2ccccc2C(F)(F)F)O3)n1. The van der Waals surface area contributed by atoms with Crippen LogP contribution in [-0.4, -0.2) is 34.8 Å². The average Bonchev–Trinajstić information content (AvgIpc) is 3.20. The number of thioether (sulfide) groups is 1. The molecule has 1 aromatic heterocycles. The minimum Gasteiger partial charge on any atom is -0.486 e. The Balaban J connectivity index is 1.47. The summed E-state index contributed by atoms with van der Waals surface area (Å²) in [7, 11) is 0. The van der Waals surface area contributed by atoms with Crippen LogP contribution in [0.2, 0.25) is 5.02 Å². The van der Waals surface area contributed by atoms with Gasteiger partial charge in [0.05, 0.1) is 28.4 Å². The van der Waals surface area contributed by atoms with Crippen molar-refractivity contribution >= 4 is 29.3 Å². The summed E-state index contributed by atoms with van der Waals surface area (Å²) in [5.41, 5.74) is 0.958. The van der Waals surface area contributed by atoms with Crippen LogP contribution in [0.15, 0.2) is 53.8 Å². The molecule has 0 bridgehead atoms. The fraction of sp³-hybridized carbons (Fsp3) is 0.227. The first-order valence-electron chi connectivity index (χ1n) is 9.57. The first-order chi connectivity index (χ1) is 15.3. The number of alkyl halides is 3. The highest BCUT2D eigenvalue weighted by Crippen LogP contribution is 2.39. The van der Waals surface area contributed by atoms with Crippen LogP contribution < -0.4 is 10.1 Å². The number of fused-ring (bicyclic) bond motifs is 1. The van der Waals surface area contributed by atoms with Crippen LogP contribution in [0.4, 0.5) is 13.2 Å². The second kappa shape index (κ2) is 8.99. The van der Waals surface area contributed by atoms with Gasteiger partial charge in [0.2, 0.25) is 0 Å². The number of benzene rings is 2. The molecule has 0 aliphatic carbocycles. The van der Waals surface area contributed by atoms with Gasteiger partial charge in [-0.05, 0) is 36.6 Å². The zero-order chi connectivity index (χ0) is 22.9. The minimum absolute atomic E-state index is 0.0372. The van der Waals surface area contributed by atoms with Crippen molar-refractivity contribution in [2.24, 2.45) is 0 Å². The van der Waals surface area contributed by atoms with Crippen molar-refractivity contribution in [3.05, 3.63) is 70.4 Å². The molecular formula is C22H17ClF3N3O2S. The van der Waals surface area contributed by atoms with Crippen molar-refractivity contribution in [2.75, 3.05) is 12.8 Å². The average molecular weight is 480 g/mol. The van der Waals surface area contributed by atoms with E-state index in [0.717, 1.165) is 29.0 Å². The van der Waals surface area contributed by atoms with Gasteiger partial charge >= 0.3 is 6.18 Å². The number of carbonyl (C=O) groups excluding carboxylic acids is 1. The molecular weight excluding hydrogens is 463 g/mol. The number of halogens is 4. The maximum atomic E-state index is 13.2. The van der Waals surface area contributed by atoms with Gasteiger partial charge < -0.3 is 10.1 Å². The van der Waals surface area contributed by atoms with E-state index >= 15 is 0 Å². The fourth-order valence-electron chi connectivity index (χ4n) is 3.48. The van der Waals surface area contributed by atoms with Gasteiger partial charge in [-0.1, -0.05) is 35.5 Å². The minimum atomic E-state index is -4.62. The number of aromatic nitrogens is 2. The number of ether oxygens (including phenoxy) is 1. The van der Waals surface area contributed by atoms with Gasteiger partial charge in [0.15, 0.2) is 5.16 Å². The summed E-state index contributed by atoms with van der Waals surface area (Å²) in [4.78, 5) is 21.0. The smallest absolute Gasteiger partial charge is 0.417 e. The zero-order valence-electron chi connectivity index (χ0n) is 16.7. The van der Waals surface area contributed by atoms with Crippen molar-refractivity contribution in [3.8, 4) is 17.0 Å². The fourth-order valence-corrected chi connectivity index (χ4v) is 4.12. The third-order valence-electron chi connectivity index (χ3n) is 4.93. The number of amides is 1. The van der Waals surface area contributed by atoms with Crippen LogP contribution >= 0.6 is 23.4 Å². The van der Waals surface area contributed by atoms with Crippen LogP contribution in [0.1, 0.15) is 21.5 Å². The van der Waals surface area contributed by atoms with E-state index in [0.29, 0.717) is 22.3 Å². The third kappa shape index (κ3) is 4.68. The molecule has 10 heteroatoms. The molecule has 32 heavy (non-hydrogen) atoms. The van der Waals surface area contributed by atoms with E-state index in [2.05, 4.69) is 15.3 Å². The number of hydrogen-bond acceptors (Lipinski definition) is 5. The van der Waals surface area contributed by atoms with Crippen molar-refractivity contribution in [1.29, 1.82) is 0 Å². The Labute approximate surface area is 191 Å². The summed E-state index contributed by atoms with van der Waals surface area (Å²) in [6, 6.07) is 10.1. The number of nitrogens with one attached hydrogen (secondary N) is 1. The van der Waals surface area contributed by atoms with Gasteiger partial charge in [0.1, 0.15) is 11.9 Å². The third-order valence-corrected chi connectivity index (χ3v) is 5.77. The van der Waals surface area contributed by atoms with Crippen molar-refractivity contribution in [1.82, 2.24) is 15.3 Å². The van der Waals surface area contributed by atoms with E-state index in [4.69, 9.17) is 16.3 Å². The molecule has 1 aliphatic rings. The standard InChI is InChI=1S/C22H17ClF3N3O2S/c1-32-21-27-7-6-18(29-21)12-8-13-9-14(31-19(13)17(23)10-12)11-28-20(30)15-4-2-3-5-16(15)22(24,25)26/h2-8,10,14H,9,11H2,1H3,(H,28,30)/t14-/m0/s1. The molecule has 0 fully saturated rings. The topological polar surface area (TPSA) is 64.1 Å². The number of nitrogens with zero attached hydrogens (tertiary/aromatic N) is 2. The number of hydrogen-bond donors (Lipinski definition) is 1. The van der Waals surface area contributed by atoms with E-state index in [9.17, 15) is 18.0 Å². The normalized spacial score (nSPS) is 15.2. The van der Waals surface area contributed by atoms with Gasteiger partial charge in [-0.2, -0.15) is 13.2 Å². The molecule has 0 radical (unpaired) electrons. The lowest BCUT2D eigenvalue weighted by Crippen LogP contribution is -2.35. The molecule has 166 valence electrons. The highest BCUT2D eigenvalue weighted by molar-refractivity contribution is 7.98. The van der Waals surface area contributed by atoms with E-state index in [1.165, 1.54) is 23.9 Å². The maximum Gasteiger partial charge on any atom is 0.417 e. The summed E-state index contributed by atoms with van der Waals surface area (Å²) in [5.74, 6) is -0.306. The molecule has 2 aromatic carbocycles. The highest BCUT2D eigenvalue weighted by atomic mass is 35.5. The molecule has 0 saturated carbocycles. The van der Waals surface area contributed by atoms with E-state index < -0.39 is 29.3 Å². The molecule has 0 saturated heterocycles. The highest BCUT2D eigenvalue weighted by Gasteiger charge is 2.35. The Kier molecular flexibility index (Phi) is 6.30. The first-order valence-corrected chi connectivity index (χ1v) is 11.2. The summed E-state index contributed by atoms with van der Waals surface area (Å²) >= 11 is 7.83. The van der Waals surface area contributed by atoms with Crippen LogP contribution in [0.3, 0.4) is 0 Å². The van der Waals surface area contributed by atoms with Gasteiger partial charge in [0.25, 0.3) is 5.91 Å². The lowest BCUT2D eigenvalue weighted by molar-refractivity contribution is -0.137. The number of rotatable bonds is 5. The van der Waals surface area contributed by atoms with E-state index in [1.54, 1.807) is 18.3 Å². The van der Waals surface area contributed by atoms with Crippen LogP contribution in [0.25, 0.3) is 11.3 Å². The molecule has 1 aliphatic heterocycles. The van der Waals surface area contributed by atoms with Crippen LogP contribution in [-0.2, 0) is 12.6 Å². The van der Waals surface area contributed by atoms with Crippen LogP contribution in [0.5, 0.6) is 5.75 Å². The predicted molar refractivity (Wildman–Crippen MR) is 116 cm³/mol. The molecule has 1 atom stereocenters. The Morgan fingerprint density at radius 2 is 2.06 bits per heavy atom. The maximum absolute atomic E-state index is 13.2. The second-order valence-corrected chi connectivity index (χ2v) is 8.25. The molecule has 3 aromatic rings. The van der Waals surface area contributed by atoms with Gasteiger partial charge in [-0.15, -0.1) is 0 Å². The molecule has 5 nitrogen and oxygen atoms in total. The molecule has 1 amide bonds. The molecule has 0 unspecified atom stereocenters. The predicted octanol–water partition coefficient (Wildman–Crippen LogP) is 5.27. The van der Waals surface area contributed by atoms with Gasteiger partial charge in [-0.3, -0.25) is 4.79 Å². The first kappa shape index (κ1) is 22.4. The largest absolute Gasteiger partial charge is 0.486 e. The van der Waals surface area contributed by atoms with Crippen molar-refractivity contribution in [3.63, 3.8) is 0 Å². The van der Waals surface area contributed by atoms with E-state index in [1.807, 2.05) is 12.3 Å². The molecule has 4 rings (SSSR count). The van der Waals surface area contributed by atoms with Crippen molar-refractivity contribution < 1.29 is 22.7 Å². The van der Waals surface area contributed by atoms with Gasteiger partial charge in [0, 0.05) is 23.7 Å². The second-order valence-electron chi connectivity index (χ2n) is 7.07. The summed E-state index contributed by atoms with van der Waals surface area (Å²) in [5, 5.41) is 3.57. The summed E-state index contributed by atoms with van der Waals surface area (Å²) in [6.07, 6.45) is -1.07. The lowest BCUT2D eigenvalue weighted by atomic mass is 10.0. The van der Waals surface area contributed by atoms with Crippen molar-refractivity contribution in [2.45, 2.75) is 23.9 Å². The number of carbonyl (C=O) groups is 1. The molecule has 0 spiro atoms. The quantitative estimate of drug-likeness (QED) is 0.399.